The van der Waals surface area contributed by atoms with Gasteiger partial charge in [0.2, 0.25) is 0 Å². The lowest BCUT2D eigenvalue weighted by Gasteiger charge is -2.26. The zero-order chi connectivity index (χ0) is 14.7. The third-order valence-electron chi connectivity index (χ3n) is 4.53. The smallest absolute Gasteiger partial charge is 0.0495 e. The summed E-state index contributed by atoms with van der Waals surface area (Å²) in [6.07, 6.45) is 2.27. The summed E-state index contributed by atoms with van der Waals surface area (Å²) in [5.74, 6) is 0. The zero-order valence-electron chi connectivity index (χ0n) is 13.0. The highest BCUT2D eigenvalue weighted by Crippen LogP contribution is 2.29. The van der Waals surface area contributed by atoms with Crippen LogP contribution >= 0.6 is 0 Å². The summed E-state index contributed by atoms with van der Waals surface area (Å²) in [5, 5.41) is 3.47. The molecule has 2 nitrogen and oxygen atoms in total. The normalized spacial score (nSPS) is 15.0. The maximum absolute atomic E-state index is 3.47. The molecule has 21 heavy (non-hydrogen) atoms. The predicted octanol–water partition coefficient (Wildman–Crippen LogP) is 3.57. The molecule has 1 N–H and O–H groups in total. The first kappa shape index (κ1) is 14.2. The Bertz CT molecular complexity index is 589. The molecule has 1 aliphatic rings. The molecule has 0 aliphatic carbocycles. The number of para-hydroxylation sites is 1. The fraction of sp³-hybridized carbons (Fsp3) is 0.368. The van der Waals surface area contributed by atoms with E-state index in [1.807, 2.05) is 0 Å². The number of fused-ring (bicyclic) bond motifs is 1. The van der Waals surface area contributed by atoms with Crippen molar-refractivity contribution in [2.24, 2.45) is 0 Å². The van der Waals surface area contributed by atoms with E-state index in [1.165, 1.54) is 28.8 Å². The van der Waals surface area contributed by atoms with Crippen molar-refractivity contribution in [1.82, 2.24) is 5.32 Å². The molecule has 0 fully saturated rings. The monoisotopic (exact) mass is 280 g/mol. The van der Waals surface area contributed by atoms with E-state index in [0.29, 0.717) is 6.04 Å². The van der Waals surface area contributed by atoms with Gasteiger partial charge in [0, 0.05) is 24.8 Å². The van der Waals surface area contributed by atoms with E-state index in [2.05, 4.69) is 72.7 Å². The van der Waals surface area contributed by atoms with Crippen LogP contribution < -0.4 is 10.2 Å². The first-order valence-corrected chi connectivity index (χ1v) is 7.90. The van der Waals surface area contributed by atoms with Crippen molar-refractivity contribution in [3.8, 4) is 0 Å². The van der Waals surface area contributed by atoms with Crippen LogP contribution in [-0.2, 0) is 12.8 Å². The fourth-order valence-electron chi connectivity index (χ4n) is 3.17. The Morgan fingerprint density at radius 3 is 2.57 bits per heavy atom. The summed E-state index contributed by atoms with van der Waals surface area (Å²) in [4.78, 5) is 2.50. The van der Waals surface area contributed by atoms with Gasteiger partial charge in [0.1, 0.15) is 0 Å². The van der Waals surface area contributed by atoms with E-state index in [4.69, 9.17) is 0 Å². The molecule has 110 valence electrons. The van der Waals surface area contributed by atoms with Crippen molar-refractivity contribution in [3.63, 3.8) is 0 Å². The van der Waals surface area contributed by atoms with Crippen LogP contribution in [0.5, 0.6) is 0 Å². The maximum Gasteiger partial charge on any atom is 0.0495 e. The molecule has 2 aromatic carbocycles. The third kappa shape index (κ3) is 2.96. The number of nitrogens with one attached hydrogen (secondary N) is 1. The standard InChI is InChI=1S/C19H24N2/c1-3-15-8-10-16(11-9-15)18(20-2)14-21-13-12-17-6-4-5-7-19(17)21/h4-11,18,20H,3,12-14H2,1-2H3. The molecule has 0 saturated carbocycles. The minimum atomic E-state index is 0.377. The summed E-state index contributed by atoms with van der Waals surface area (Å²) in [5.41, 5.74) is 5.66. The second kappa shape index (κ2) is 6.31. The average molecular weight is 280 g/mol. The Labute approximate surface area is 127 Å². The Morgan fingerprint density at radius 2 is 1.86 bits per heavy atom. The molecule has 0 saturated heterocycles. The molecule has 0 bridgehead atoms. The van der Waals surface area contributed by atoms with Crippen LogP contribution in [0.2, 0.25) is 0 Å². The van der Waals surface area contributed by atoms with Gasteiger partial charge in [0.05, 0.1) is 0 Å². The topological polar surface area (TPSA) is 15.3 Å². The average Bonchev–Trinajstić information content (AvgIpc) is 2.96. The largest absolute Gasteiger partial charge is 0.369 e. The number of rotatable bonds is 5. The molecule has 2 aromatic rings. The van der Waals surface area contributed by atoms with Crippen LogP contribution in [0.1, 0.15) is 29.7 Å². The van der Waals surface area contributed by atoms with Crippen molar-refractivity contribution < 1.29 is 0 Å². The van der Waals surface area contributed by atoms with Crippen molar-refractivity contribution >= 4 is 5.69 Å². The minimum Gasteiger partial charge on any atom is -0.369 e. The maximum atomic E-state index is 3.47. The molecule has 2 heteroatoms. The van der Waals surface area contributed by atoms with Gasteiger partial charge in [-0.1, -0.05) is 49.4 Å². The highest BCUT2D eigenvalue weighted by Gasteiger charge is 2.21. The van der Waals surface area contributed by atoms with E-state index in [1.54, 1.807) is 0 Å². The fourth-order valence-corrected chi connectivity index (χ4v) is 3.17. The van der Waals surface area contributed by atoms with Gasteiger partial charge in [-0.3, -0.25) is 0 Å². The first-order chi connectivity index (χ1) is 10.3. The molecule has 0 aromatic heterocycles. The molecular formula is C19H24N2. The summed E-state index contributed by atoms with van der Waals surface area (Å²) in [6, 6.07) is 18.2. The van der Waals surface area contributed by atoms with Crippen LogP contribution in [0, 0.1) is 0 Å². The van der Waals surface area contributed by atoms with Crippen LogP contribution in [0.4, 0.5) is 5.69 Å². The first-order valence-electron chi connectivity index (χ1n) is 7.90. The van der Waals surface area contributed by atoms with Gasteiger partial charge in [0.25, 0.3) is 0 Å². The van der Waals surface area contributed by atoms with Gasteiger partial charge in [-0.15, -0.1) is 0 Å². The van der Waals surface area contributed by atoms with E-state index >= 15 is 0 Å². The summed E-state index contributed by atoms with van der Waals surface area (Å²) < 4.78 is 0. The van der Waals surface area contributed by atoms with Crippen LogP contribution in [0.15, 0.2) is 48.5 Å². The number of benzene rings is 2. The Morgan fingerprint density at radius 1 is 1.10 bits per heavy atom. The van der Waals surface area contributed by atoms with Crippen LogP contribution in [-0.4, -0.2) is 20.1 Å². The number of hydrogen-bond donors (Lipinski definition) is 1. The van der Waals surface area contributed by atoms with Gasteiger partial charge in [-0.25, -0.2) is 0 Å². The van der Waals surface area contributed by atoms with Gasteiger partial charge in [0.15, 0.2) is 0 Å². The summed E-state index contributed by atoms with van der Waals surface area (Å²) >= 11 is 0. The number of anilines is 1. The van der Waals surface area contributed by atoms with E-state index in [-0.39, 0.29) is 0 Å². The van der Waals surface area contributed by atoms with E-state index in [9.17, 15) is 0 Å². The third-order valence-corrected chi connectivity index (χ3v) is 4.53. The summed E-state index contributed by atoms with van der Waals surface area (Å²) in [7, 11) is 2.06. The molecule has 0 amide bonds. The van der Waals surface area contributed by atoms with Gasteiger partial charge in [-0.2, -0.15) is 0 Å². The second-order valence-electron chi connectivity index (χ2n) is 5.76. The lowest BCUT2D eigenvalue weighted by atomic mass is 10.0. The molecule has 0 spiro atoms. The second-order valence-corrected chi connectivity index (χ2v) is 5.76. The molecule has 3 rings (SSSR count). The van der Waals surface area contributed by atoms with Crippen molar-refractivity contribution in [3.05, 3.63) is 65.2 Å². The number of nitrogens with zero attached hydrogens (tertiary/aromatic N) is 1. The van der Waals surface area contributed by atoms with Gasteiger partial charge >= 0.3 is 0 Å². The lowest BCUT2D eigenvalue weighted by Crippen LogP contribution is -2.32. The predicted molar refractivity (Wildman–Crippen MR) is 90.0 cm³/mol. The molecule has 1 unspecified atom stereocenters. The Balaban J connectivity index is 1.76. The number of likely N-dealkylation sites (N-methyl/N-ethyl adjacent to an activating group) is 1. The zero-order valence-corrected chi connectivity index (χ0v) is 13.0. The molecule has 1 aliphatic heterocycles. The molecule has 1 heterocycles. The minimum absolute atomic E-state index is 0.377. The number of hydrogen-bond acceptors (Lipinski definition) is 2. The van der Waals surface area contributed by atoms with Crippen molar-refractivity contribution in [2.75, 3.05) is 25.0 Å². The highest BCUT2D eigenvalue weighted by molar-refractivity contribution is 5.58. The van der Waals surface area contributed by atoms with E-state index < -0.39 is 0 Å². The highest BCUT2D eigenvalue weighted by atomic mass is 15.2. The Hall–Kier alpha value is -1.80. The number of aryl methyl sites for hydroxylation is 1. The van der Waals surface area contributed by atoms with Gasteiger partial charge < -0.3 is 10.2 Å². The van der Waals surface area contributed by atoms with Crippen LogP contribution in [0.3, 0.4) is 0 Å². The summed E-state index contributed by atoms with van der Waals surface area (Å²) in [6.45, 7) is 4.36. The SMILES string of the molecule is CCc1ccc(C(CN2CCc3ccccc32)NC)cc1. The van der Waals surface area contributed by atoms with Gasteiger partial charge in [-0.05, 0) is 42.6 Å². The molecular weight excluding hydrogens is 256 g/mol. The van der Waals surface area contributed by atoms with Crippen molar-refractivity contribution in [2.45, 2.75) is 25.8 Å². The molecule has 0 radical (unpaired) electrons. The quantitative estimate of drug-likeness (QED) is 0.900. The van der Waals surface area contributed by atoms with E-state index in [0.717, 1.165) is 19.5 Å². The molecule has 1 atom stereocenters. The van der Waals surface area contributed by atoms with Crippen molar-refractivity contribution in [1.29, 1.82) is 0 Å². The Kier molecular flexibility index (Phi) is 4.26. The lowest BCUT2D eigenvalue weighted by molar-refractivity contribution is 0.579. The van der Waals surface area contributed by atoms with Crippen LogP contribution in [0.25, 0.3) is 0 Å².